The van der Waals surface area contributed by atoms with Crippen molar-refractivity contribution in [1.82, 2.24) is 19.5 Å². The van der Waals surface area contributed by atoms with Gasteiger partial charge in [-0.1, -0.05) is 0 Å². The molecular weight excluding hydrogens is 771 g/mol. The van der Waals surface area contributed by atoms with Crippen LogP contribution in [0, 0.1) is 0 Å². The maximum absolute atomic E-state index is 11.6. The molecule has 1 fully saturated rings. The molecule has 2 aromatic rings. The van der Waals surface area contributed by atoms with Crippen LogP contribution in [0.3, 0.4) is 0 Å². The Labute approximate surface area is 279 Å². The average Bonchev–Trinajstić information content (AvgIpc) is 3.46. The first-order chi connectivity index (χ1) is 20.6. The van der Waals surface area contributed by atoms with Crippen molar-refractivity contribution in [2.45, 2.75) is 36.6 Å². The SMILES string of the molecule is N[C@@H](CS)C(=O)O.N[C@@H](CS)C(=O)O.Nc1ncnc2c1ncn2[C@@H]1O[C@H](COP(=O)([O-])OP(=O)([O-])OP(=O)([O-])O)[C@@H](O)[C@H]1O.[Cr+3]. The summed E-state index contributed by atoms with van der Waals surface area (Å²) in [4.78, 5) is 72.6. The fourth-order valence-corrected chi connectivity index (χ4v) is 5.97. The van der Waals surface area contributed by atoms with E-state index in [-0.39, 0.29) is 45.8 Å². The molecule has 0 spiro atoms. The standard InChI is InChI=1S/C10H16N5O13P3.2C3H7NO2S.Cr/c11-8-5-9(13-2-12-8)15(3-14-5)10-7(17)6(16)4(26-10)1-25-30(21,22)28-31(23,24)27-29(18,19)20;2*4-2(1-7)3(5)6;/h2-4,6-7,10,16-17H,1H2,(H,21,22)(H,23,24)(H2,11,12,13)(H2,18,19,20);2*2,7H,1,4H2,(H,5,6);/q;;;+3/p-3/t4-,6-,7-,10-;2*2-;/m100./s1. The molecule has 1 aliphatic heterocycles. The summed E-state index contributed by atoms with van der Waals surface area (Å²) in [5.74, 6) is -1.61. The van der Waals surface area contributed by atoms with E-state index in [1.807, 2.05) is 0 Å². The Balaban J connectivity index is 0.00000113. The van der Waals surface area contributed by atoms with Gasteiger partial charge in [0.2, 0.25) is 0 Å². The molecule has 0 aliphatic carbocycles. The summed E-state index contributed by atoms with van der Waals surface area (Å²) >= 11 is 7.30. The number of rotatable bonds is 12. The van der Waals surface area contributed by atoms with Gasteiger partial charge in [-0.05, 0) is 0 Å². The monoisotopic (exact) mass is 798 g/mol. The zero-order valence-corrected chi connectivity index (χ0v) is 28.3. The van der Waals surface area contributed by atoms with E-state index in [9.17, 15) is 48.2 Å². The third-order valence-corrected chi connectivity index (χ3v) is 9.30. The van der Waals surface area contributed by atoms with Crippen LogP contribution in [0.5, 0.6) is 0 Å². The number of aliphatic hydroxyl groups excluding tert-OH is 2. The molecule has 46 heavy (non-hydrogen) atoms. The van der Waals surface area contributed by atoms with Crippen LogP contribution in [0.4, 0.5) is 5.82 Å². The molecule has 0 amide bonds. The van der Waals surface area contributed by atoms with Gasteiger partial charge < -0.3 is 66.5 Å². The molecule has 9 atom stereocenters. The molecule has 3 heterocycles. The minimum absolute atomic E-state index is 0. The molecule has 1 saturated heterocycles. The molecule has 1 aliphatic rings. The summed E-state index contributed by atoms with van der Waals surface area (Å²) in [6, 6.07) is -1.63. The summed E-state index contributed by atoms with van der Waals surface area (Å²) in [7, 11) is -17.7. The van der Waals surface area contributed by atoms with Crippen LogP contribution in [0.25, 0.3) is 11.2 Å². The topological polar surface area (TPSA) is 414 Å². The maximum atomic E-state index is 11.6. The largest absolute Gasteiger partial charge is 3.00 e. The number of phosphoric ester groups is 1. The summed E-state index contributed by atoms with van der Waals surface area (Å²) < 4.78 is 50.6. The number of thiol groups is 2. The van der Waals surface area contributed by atoms with E-state index in [2.05, 4.69) is 53.4 Å². The van der Waals surface area contributed by atoms with Crippen LogP contribution in [0.2, 0.25) is 0 Å². The predicted molar refractivity (Wildman–Crippen MR) is 148 cm³/mol. The van der Waals surface area contributed by atoms with Gasteiger partial charge in [-0.2, -0.15) is 25.3 Å². The van der Waals surface area contributed by atoms with Gasteiger partial charge in [0.05, 0.1) is 12.9 Å². The van der Waals surface area contributed by atoms with Gasteiger partial charge >= 0.3 is 29.3 Å². The smallest absolute Gasteiger partial charge is 0.756 e. The van der Waals surface area contributed by atoms with Crippen molar-refractivity contribution in [1.29, 1.82) is 0 Å². The second-order valence-electron chi connectivity index (χ2n) is 8.21. The number of anilines is 1. The number of carboxylic acids is 2. The van der Waals surface area contributed by atoms with E-state index in [0.717, 1.165) is 6.33 Å². The average molecular weight is 798 g/mol. The van der Waals surface area contributed by atoms with Crippen LogP contribution >= 0.6 is 48.7 Å². The van der Waals surface area contributed by atoms with Crippen molar-refractivity contribution >= 4 is 77.6 Å². The second-order valence-corrected chi connectivity index (χ2v) is 13.2. The number of carboxylic acid groups (broad SMARTS) is 2. The van der Waals surface area contributed by atoms with Gasteiger partial charge in [0.25, 0.3) is 23.5 Å². The Kier molecular flexibility index (Phi) is 18.5. The van der Waals surface area contributed by atoms with Crippen LogP contribution in [-0.4, -0.2) is 105 Å². The van der Waals surface area contributed by atoms with Crippen LogP contribution in [0.15, 0.2) is 12.7 Å². The van der Waals surface area contributed by atoms with E-state index in [4.69, 9.17) is 37.0 Å². The number of nitrogens with zero attached hydrogens (tertiary/aromatic N) is 4. The van der Waals surface area contributed by atoms with Gasteiger partial charge in [-0.25, -0.2) is 23.6 Å². The molecule has 24 nitrogen and oxygen atoms in total. The normalized spacial score (nSPS) is 24.3. The molecule has 1 radical (unpaired) electrons. The number of hydrogen-bond acceptors (Lipinski definition) is 22. The minimum atomic E-state index is -6.08. The fraction of sp³-hybridized carbons (Fsp3) is 0.562. The van der Waals surface area contributed by atoms with Gasteiger partial charge in [-0.3, -0.25) is 27.9 Å². The fourth-order valence-electron chi connectivity index (χ4n) is 2.76. The number of carbonyl (C=O) groups is 2. The van der Waals surface area contributed by atoms with Gasteiger partial charge in [0.15, 0.2) is 17.7 Å². The second kappa shape index (κ2) is 19.1. The molecule has 11 N–H and O–H groups in total. The molecule has 0 bridgehead atoms. The van der Waals surface area contributed by atoms with Gasteiger partial charge in [0, 0.05) is 11.5 Å². The molecule has 3 rings (SSSR count). The Hall–Kier alpha value is -1.27. The first kappa shape index (κ1) is 44.7. The molecule has 2 aromatic heterocycles. The molecule has 261 valence electrons. The number of aromatic nitrogens is 4. The van der Waals surface area contributed by atoms with Crippen LogP contribution < -0.4 is 31.9 Å². The van der Waals surface area contributed by atoms with Gasteiger partial charge in [-0.15, -0.1) is 0 Å². The summed E-state index contributed by atoms with van der Waals surface area (Å²) in [6.45, 7) is -1.06. The number of aliphatic hydroxyl groups is 2. The number of nitrogen functional groups attached to an aromatic ring is 1. The molecule has 0 aromatic carbocycles. The predicted octanol–water partition coefficient (Wildman–Crippen LogP) is -4.87. The van der Waals surface area contributed by atoms with E-state index in [1.54, 1.807) is 0 Å². The Bertz CT molecular complexity index is 1440. The number of hydrogen-bond donors (Lipinski definition) is 10. The summed E-state index contributed by atoms with van der Waals surface area (Å²) in [6.07, 6.45) is -3.94. The van der Waals surface area contributed by atoms with Gasteiger partial charge in [0.1, 0.15) is 42.2 Å². The zero-order valence-electron chi connectivity index (χ0n) is 22.5. The molecule has 30 heteroatoms. The minimum Gasteiger partial charge on any atom is -0.756 e. The summed E-state index contributed by atoms with van der Waals surface area (Å²) in [5.41, 5.74) is 15.8. The van der Waals surface area contributed by atoms with Crippen molar-refractivity contribution in [2.75, 3.05) is 23.8 Å². The van der Waals surface area contributed by atoms with E-state index >= 15 is 0 Å². The maximum Gasteiger partial charge on any atom is 3.00 e. The van der Waals surface area contributed by atoms with Crippen molar-refractivity contribution < 1.29 is 98.5 Å². The van der Waals surface area contributed by atoms with Crippen molar-refractivity contribution in [3.63, 3.8) is 0 Å². The number of aliphatic carboxylic acids is 2. The molecular formula is C16H27CrN7O17P3S2. The van der Waals surface area contributed by atoms with Crippen molar-refractivity contribution in [3.8, 4) is 0 Å². The van der Waals surface area contributed by atoms with Crippen LogP contribution in [0.1, 0.15) is 6.23 Å². The number of nitrogens with two attached hydrogens (primary N) is 3. The van der Waals surface area contributed by atoms with Crippen molar-refractivity contribution in [3.05, 3.63) is 12.7 Å². The number of ether oxygens (including phenoxy) is 1. The third kappa shape index (κ3) is 14.5. The number of phosphoric acid groups is 3. The van der Waals surface area contributed by atoms with E-state index in [0.29, 0.717) is 0 Å². The molecule has 0 saturated carbocycles. The Morgan fingerprint density at radius 2 is 1.50 bits per heavy atom. The molecule has 3 unspecified atom stereocenters. The van der Waals surface area contributed by atoms with E-state index < -0.39 is 78.6 Å². The van der Waals surface area contributed by atoms with Crippen LogP contribution in [-0.2, 0) is 58.5 Å². The summed E-state index contributed by atoms with van der Waals surface area (Å²) in [5, 5.41) is 36.4. The Morgan fingerprint density at radius 1 is 0.978 bits per heavy atom. The first-order valence-electron chi connectivity index (χ1n) is 11.4. The Morgan fingerprint density at radius 3 is 1.93 bits per heavy atom. The first-order valence-corrected chi connectivity index (χ1v) is 17.1. The number of fused-ring (bicyclic) bond motifs is 1. The number of imidazole rings is 1. The zero-order chi connectivity index (χ0) is 34.9. The van der Waals surface area contributed by atoms with Crippen molar-refractivity contribution in [2.24, 2.45) is 11.5 Å². The third-order valence-electron chi connectivity index (χ3n) is 4.83. The van der Waals surface area contributed by atoms with E-state index in [1.165, 1.54) is 10.9 Å². The quantitative estimate of drug-likeness (QED) is 0.0710.